The summed E-state index contributed by atoms with van der Waals surface area (Å²) < 4.78 is 27.4. The maximum absolute atomic E-state index is 13.7. The lowest BCUT2D eigenvalue weighted by atomic mass is 10.1. The van der Waals surface area contributed by atoms with E-state index in [1.165, 1.54) is 24.5 Å². The number of aromatic nitrogens is 2. The molecule has 4 nitrogen and oxygen atoms in total. The number of hydrogen-bond donors (Lipinski definition) is 2. The van der Waals surface area contributed by atoms with Gasteiger partial charge in [0.15, 0.2) is 0 Å². The van der Waals surface area contributed by atoms with E-state index in [2.05, 4.69) is 26.7 Å². The van der Waals surface area contributed by atoms with E-state index in [-0.39, 0.29) is 5.69 Å². The SMILES string of the molecule is Cc1ccc(Nc2cc(Nc3c(F)cccc3F)ncn2)c(C)c1. The Morgan fingerprint density at radius 1 is 0.833 bits per heavy atom. The highest BCUT2D eigenvalue weighted by molar-refractivity contribution is 5.65. The van der Waals surface area contributed by atoms with Crippen LogP contribution in [0, 0.1) is 25.5 Å². The van der Waals surface area contributed by atoms with Gasteiger partial charge in [-0.2, -0.15) is 0 Å². The number of anilines is 4. The van der Waals surface area contributed by atoms with E-state index < -0.39 is 11.6 Å². The Kier molecular flexibility index (Phi) is 4.37. The van der Waals surface area contributed by atoms with Crippen molar-refractivity contribution in [2.45, 2.75) is 13.8 Å². The quantitative estimate of drug-likeness (QED) is 0.719. The van der Waals surface area contributed by atoms with Crippen molar-refractivity contribution in [2.24, 2.45) is 0 Å². The van der Waals surface area contributed by atoms with Gasteiger partial charge in [0, 0.05) is 11.8 Å². The lowest BCUT2D eigenvalue weighted by Crippen LogP contribution is -2.02. The van der Waals surface area contributed by atoms with Crippen LogP contribution in [0.5, 0.6) is 0 Å². The van der Waals surface area contributed by atoms with Crippen molar-refractivity contribution in [1.29, 1.82) is 0 Å². The van der Waals surface area contributed by atoms with Crippen molar-refractivity contribution < 1.29 is 8.78 Å². The molecule has 0 saturated carbocycles. The van der Waals surface area contributed by atoms with E-state index in [4.69, 9.17) is 0 Å². The molecule has 0 unspecified atom stereocenters. The summed E-state index contributed by atoms with van der Waals surface area (Å²) in [5, 5.41) is 5.83. The molecule has 6 heteroatoms. The molecule has 2 N–H and O–H groups in total. The number of hydrogen-bond acceptors (Lipinski definition) is 4. The number of benzene rings is 2. The summed E-state index contributed by atoms with van der Waals surface area (Å²) in [7, 11) is 0. The molecule has 0 aliphatic rings. The molecule has 0 spiro atoms. The highest BCUT2D eigenvalue weighted by Gasteiger charge is 2.10. The Morgan fingerprint density at radius 2 is 1.50 bits per heavy atom. The van der Waals surface area contributed by atoms with Gasteiger partial charge in [-0.25, -0.2) is 18.7 Å². The molecule has 0 aliphatic heterocycles. The molecule has 0 radical (unpaired) electrons. The fourth-order valence-corrected chi connectivity index (χ4v) is 2.33. The average Bonchev–Trinajstić information content (AvgIpc) is 2.54. The van der Waals surface area contributed by atoms with E-state index >= 15 is 0 Å². The minimum absolute atomic E-state index is 0.242. The summed E-state index contributed by atoms with van der Waals surface area (Å²) >= 11 is 0. The van der Waals surface area contributed by atoms with Crippen LogP contribution in [0.25, 0.3) is 0 Å². The molecule has 0 bridgehead atoms. The van der Waals surface area contributed by atoms with Gasteiger partial charge in [0.2, 0.25) is 0 Å². The number of rotatable bonds is 4. The van der Waals surface area contributed by atoms with Crippen LogP contribution in [-0.4, -0.2) is 9.97 Å². The Morgan fingerprint density at radius 3 is 2.17 bits per heavy atom. The van der Waals surface area contributed by atoms with Crippen LogP contribution < -0.4 is 10.6 Å². The fraction of sp³-hybridized carbons (Fsp3) is 0.111. The van der Waals surface area contributed by atoms with Gasteiger partial charge in [-0.05, 0) is 37.6 Å². The molecular formula is C18H16F2N4. The van der Waals surface area contributed by atoms with E-state index in [9.17, 15) is 8.78 Å². The van der Waals surface area contributed by atoms with Crippen molar-refractivity contribution >= 4 is 23.0 Å². The number of nitrogens with one attached hydrogen (secondary N) is 2. The molecule has 2 aromatic carbocycles. The first-order chi connectivity index (χ1) is 11.5. The minimum atomic E-state index is -0.683. The predicted octanol–water partition coefficient (Wildman–Crippen LogP) is 4.86. The van der Waals surface area contributed by atoms with E-state index in [1.54, 1.807) is 6.07 Å². The number of para-hydroxylation sites is 1. The largest absolute Gasteiger partial charge is 0.340 e. The van der Waals surface area contributed by atoms with Crippen LogP contribution in [-0.2, 0) is 0 Å². The monoisotopic (exact) mass is 326 g/mol. The third-order valence-electron chi connectivity index (χ3n) is 3.53. The first kappa shape index (κ1) is 15.9. The normalized spacial score (nSPS) is 10.5. The molecule has 0 saturated heterocycles. The molecule has 0 aliphatic carbocycles. The maximum Gasteiger partial charge on any atom is 0.149 e. The average molecular weight is 326 g/mol. The van der Waals surface area contributed by atoms with Gasteiger partial charge in [0.25, 0.3) is 0 Å². The Hall–Kier alpha value is -3.02. The third kappa shape index (κ3) is 3.48. The summed E-state index contributed by atoms with van der Waals surface area (Å²) in [5.41, 5.74) is 2.90. The van der Waals surface area contributed by atoms with Crippen molar-refractivity contribution in [2.75, 3.05) is 10.6 Å². The van der Waals surface area contributed by atoms with Crippen molar-refractivity contribution in [1.82, 2.24) is 9.97 Å². The highest BCUT2D eigenvalue weighted by atomic mass is 19.1. The summed E-state index contributed by atoms with van der Waals surface area (Å²) in [6, 6.07) is 11.3. The smallest absolute Gasteiger partial charge is 0.149 e. The molecule has 3 aromatic rings. The molecule has 0 fully saturated rings. The van der Waals surface area contributed by atoms with Gasteiger partial charge in [0.1, 0.15) is 35.3 Å². The van der Waals surface area contributed by atoms with Gasteiger partial charge in [-0.15, -0.1) is 0 Å². The molecule has 0 amide bonds. The summed E-state index contributed by atoms with van der Waals surface area (Å²) in [6.07, 6.45) is 1.33. The fourth-order valence-electron chi connectivity index (χ4n) is 2.33. The van der Waals surface area contributed by atoms with Gasteiger partial charge in [-0.3, -0.25) is 0 Å². The topological polar surface area (TPSA) is 49.8 Å². The lowest BCUT2D eigenvalue weighted by Gasteiger charge is -2.11. The van der Waals surface area contributed by atoms with Crippen LogP contribution in [0.2, 0.25) is 0 Å². The van der Waals surface area contributed by atoms with Crippen molar-refractivity contribution in [3.05, 3.63) is 71.6 Å². The molecule has 1 heterocycles. The van der Waals surface area contributed by atoms with Crippen molar-refractivity contribution in [3.63, 3.8) is 0 Å². The predicted molar refractivity (Wildman–Crippen MR) is 90.9 cm³/mol. The Labute approximate surface area is 138 Å². The van der Waals surface area contributed by atoms with Gasteiger partial charge in [-0.1, -0.05) is 23.8 Å². The standard InChI is InChI=1S/C18H16F2N4/c1-11-6-7-15(12(2)8-11)23-16-9-17(22-10-21-16)24-18-13(19)4-3-5-14(18)20/h3-10H,1-2H3,(H2,21,22,23,24). The molecule has 3 rings (SSSR count). The molecule has 0 atom stereocenters. The zero-order valence-corrected chi connectivity index (χ0v) is 13.3. The molecular weight excluding hydrogens is 310 g/mol. The van der Waals surface area contributed by atoms with Crippen LogP contribution in [0.3, 0.4) is 0 Å². The van der Waals surface area contributed by atoms with Gasteiger partial charge < -0.3 is 10.6 Å². The summed E-state index contributed by atoms with van der Waals surface area (Å²) in [6.45, 7) is 4.01. The number of halogens is 2. The lowest BCUT2D eigenvalue weighted by molar-refractivity contribution is 0.590. The van der Waals surface area contributed by atoms with E-state index in [0.717, 1.165) is 16.8 Å². The molecule has 24 heavy (non-hydrogen) atoms. The first-order valence-corrected chi connectivity index (χ1v) is 7.40. The zero-order valence-electron chi connectivity index (χ0n) is 13.3. The van der Waals surface area contributed by atoms with E-state index in [1.807, 2.05) is 26.0 Å². The molecule has 122 valence electrons. The van der Waals surface area contributed by atoms with Crippen LogP contribution in [0.4, 0.5) is 31.8 Å². The summed E-state index contributed by atoms with van der Waals surface area (Å²) in [4.78, 5) is 8.13. The third-order valence-corrected chi connectivity index (χ3v) is 3.53. The minimum Gasteiger partial charge on any atom is -0.340 e. The number of nitrogens with zero attached hydrogens (tertiary/aromatic N) is 2. The highest BCUT2D eigenvalue weighted by Crippen LogP contribution is 2.24. The van der Waals surface area contributed by atoms with Gasteiger partial charge >= 0.3 is 0 Å². The first-order valence-electron chi connectivity index (χ1n) is 7.40. The summed E-state index contributed by atoms with van der Waals surface area (Å²) in [5.74, 6) is -0.549. The Bertz CT molecular complexity index is 860. The maximum atomic E-state index is 13.7. The second kappa shape index (κ2) is 6.62. The zero-order chi connectivity index (χ0) is 17.1. The van der Waals surface area contributed by atoms with Crippen LogP contribution in [0.15, 0.2) is 48.8 Å². The molecule has 1 aromatic heterocycles. The van der Waals surface area contributed by atoms with E-state index in [0.29, 0.717) is 11.6 Å². The Balaban J connectivity index is 1.84. The van der Waals surface area contributed by atoms with Crippen molar-refractivity contribution in [3.8, 4) is 0 Å². The second-order valence-corrected chi connectivity index (χ2v) is 5.45. The van der Waals surface area contributed by atoms with Gasteiger partial charge in [0.05, 0.1) is 0 Å². The second-order valence-electron chi connectivity index (χ2n) is 5.45. The number of aryl methyl sites for hydroxylation is 2. The van der Waals surface area contributed by atoms with Crippen LogP contribution >= 0.6 is 0 Å². The van der Waals surface area contributed by atoms with Crippen LogP contribution in [0.1, 0.15) is 11.1 Å².